The smallest absolute Gasteiger partial charge is 0.307 e. The molecule has 0 spiro atoms. The molecule has 1 atom stereocenters. The topological polar surface area (TPSA) is 127 Å². The molecule has 1 unspecified atom stereocenters. The number of hydrogen-bond acceptors (Lipinski definition) is 5. The number of aliphatic carboxylic acids is 1. The van der Waals surface area contributed by atoms with E-state index in [0.717, 1.165) is 22.3 Å². The Balaban J connectivity index is 0.000000854. The van der Waals surface area contributed by atoms with Gasteiger partial charge in [0.2, 0.25) is 0 Å². The highest BCUT2D eigenvalue weighted by molar-refractivity contribution is 7.85. The van der Waals surface area contributed by atoms with Gasteiger partial charge < -0.3 is 20.6 Å². The summed E-state index contributed by atoms with van der Waals surface area (Å²) in [5.41, 5.74) is 6.88. The third kappa shape index (κ3) is 7.73. The molecule has 1 aliphatic heterocycles. The second-order valence-electron chi connectivity index (χ2n) is 11.9. The number of aromatic hydroxyl groups is 1. The fourth-order valence-corrected chi connectivity index (χ4v) is 6.41. The van der Waals surface area contributed by atoms with Crippen LogP contribution >= 0.6 is 11.6 Å². The number of carbonyl (C=O) groups is 2. The number of carboxylic acids is 1. The molecule has 0 aromatic heterocycles. The molecular formula is C35H37ClN2O6S. The highest BCUT2D eigenvalue weighted by atomic mass is 35.5. The van der Waals surface area contributed by atoms with Crippen molar-refractivity contribution in [3.63, 3.8) is 0 Å². The van der Waals surface area contributed by atoms with Crippen molar-refractivity contribution in [2.45, 2.75) is 53.2 Å². The van der Waals surface area contributed by atoms with Gasteiger partial charge in [0.25, 0.3) is 5.91 Å². The fraction of sp³-hybridized carbons (Fsp3) is 0.257. The van der Waals surface area contributed by atoms with Crippen molar-refractivity contribution in [3.8, 4) is 28.0 Å². The second kappa shape index (κ2) is 13.4. The molecule has 0 saturated heterocycles. The molecule has 5 rings (SSSR count). The van der Waals surface area contributed by atoms with Crippen LogP contribution in [0.25, 0.3) is 22.3 Å². The van der Waals surface area contributed by atoms with Gasteiger partial charge >= 0.3 is 5.97 Å². The number of benzene rings is 4. The van der Waals surface area contributed by atoms with Gasteiger partial charge in [0, 0.05) is 33.7 Å². The summed E-state index contributed by atoms with van der Waals surface area (Å²) in [5.74, 6) is -1.32. The average Bonchev–Trinajstić information content (AvgIpc) is 2.95. The van der Waals surface area contributed by atoms with Crippen molar-refractivity contribution >= 4 is 45.8 Å². The maximum atomic E-state index is 13.1. The minimum Gasteiger partial charge on any atom is -0.507 e. The van der Waals surface area contributed by atoms with E-state index in [1.807, 2.05) is 38.1 Å². The van der Waals surface area contributed by atoms with Gasteiger partial charge in [-0.1, -0.05) is 35.9 Å². The molecule has 0 saturated carbocycles. The van der Waals surface area contributed by atoms with E-state index in [0.29, 0.717) is 50.8 Å². The number of halogens is 1. The molecule has 0 fully saturated rings. The van der Waals surface area contributed by atoms with Gasteiger partial charge in [0.05, 0.1) is 24.3 Å². The molecule has 4 aromatic rings. The van der Waals surface area contributed by atoms with Crippen LogP contribution in [0.15, 0.2) is 66.7 Å². The van der Waals surface area contributed by atoms with Crippen LogP contribution in [0.2, 0.25) is 5.02 Å². The summed E-state index contributed by atoms with van der Waals surface area (Å²) in [6, 6.07) is 19.3. The van der Waals surface area contributed by atoms with Gasteiger partial charge in [0.15, 0.2) is 0 Å². The van der Waals surface area contributed by atoms with Crippen LogP contribution in [0.1, 0.15) is 53.4 Å². The number of amides is 1. The highest BCUT2D eigenvalue weighted by Crippen LogP contribution is 2.50. The molecule has 0 radical (unpaired) electrons. The number of nitrogens with zero attached hydrogens (tertiary/aromatic N) is 1. The van der Waals surface area contributed by atoms with Gasteiger partial charge in [-0.25, -0.2) is 4.21 Å². The largest absolute Gasteiger partial charge is 0.507 e. The molecule has 0 aliphatic carbocycles. The minimum atomic E-state index is -1.43. The average molecular weight is 649 g/mol. The van der Waals surface area contributed by atoms with Crippen LogP contribution in [0.3, 0.4) is 0 Å². The van der Waals surface area contributed by atoms with E-state index < -0.39 is 22.6 Å². The first kappa shape index (κ1) is 33.7. The predicted octanol–water partition coefficient (Wildman–Crippen LogP) is 7.27. The van der Waals surface area contributed by atoms with Crippen molar-refractivity contribution in [3.05, 3.63) is 99.6 Å². The van der Waals surface area contributed by atoms with Crippen molar-refractivity contribution in [1.82, 2.24) is 0 Å². The number of phenolic OH excluding ortho intramolecular Hbond substituents is 1. The number of phenols is 1. The molecule has 1 amide bonds. The zero-order valence-electron chi connectivity index (χ0n) is 26.1. The molecule has 8 nitrogen and oxygen atoms in total. The summed E-state index contributed by atoms with van der Waals surface area (Å²) in [6.07, 6.45) is 1.30. The summed E-state index contributed by atoms with van der Waals surface area (Å²) in [5, 5.41) is 32.5. The zero-order chi connectivity index (χ0) is 33.2. The van der Waals surface area contributed by atoms with Crippen LogP contribution < -0.4 is 9.62 Å². The third-order valence-electron chi connectivity index (χ3n) is 7.20. The molecule has 1 heterocycles. The summed E-state index contributed by atoms with van der Waals surface area (Å²) in [4.78, 5) is 24.8. The molecule has 0 bridgehead atoms. The lowest BCUT2D eigenvalue weighted by molar-refractivity contribution is -0.136. The normalized spacial score (nSPS) is 12.8. The first-order chi connectivity index (χ1) is 21.1. The third-order valence-corrected chi connectivity index (χ3v) is 8.36. The first-order valence-electron chi connectivity index (χ1n) is 14.3. The Bertz CT molecular complexity index is 1790. The Labute approximate surface area is 270 Å². The lowest BCUT2D eigenvalue weighted by Crippen LogP contribution is -2.30. The maximum Gasteiger partial charge on any atom is 0.307 e. The standard InChI is InChI=1S/C31H27ClN2O5S.C4H10O/c1-17-25(15-27(36)37)28(24-11-9-21(32)14-26(24)35)18(2)29-23-12-10-22(33-31(38)19-7-5-4-6-8-19)13-20(23)16-34(30(17)29)40(3)39;1-4(2,3)5/h4-14,35H,15-16H2,1-3H3,(H,33,38)(H,36,37);5H,1-3H3. The molecule has 1 aliphatic rings. The molecule has 45 heavy (non-hydrogen) atoms. The van der Waals surface area contributed by atoms with Crippen LogP contribution in [0, 0.1) is 13.8 Å². The number of nitrogens with one attached hydrogen (secondary N) is 1. The Kier molecular flexibility index (Phi) is 10.1. The number of aliphatic hydroxyl groups is 1. The van der Waals surface area contributed by atoms with E-state index in [1.54, 1.807) is 67.7 Å². The van der Waals surface area contributed by atoms with Gasteiger partial charge in [-0.3, -0.25) is 13.9 Å². The van der Waals surface area contributed by atoms with E-state index in [9.17, 15) is 24.0 Å². The molecule has 4 aromatic carbocycles. The van der Waals surface area contributed by atoms with E-state index in [1.165, 1.54) is 6.07 Å². The van der Waals surface area contributed by atoms with Gasteiger partial charge in [-0.05, 0) is 110 Å². The number of carbonyl (C=O) groups excluding carboxylic acids is 1. The van der Waals surface area contributed by atoms with Gasteiger partial charge in [-0.15, -0.1) is 0 Å². The summed E-state index contributed by atoms with van der Waals surface area (Å²) in [6.45, 7) is 9.24. The number of rotatable bonds is 6. The van der Waals surface area contributed by atoms with E-state index in [4.69, 9.17) is 16.7 Å². The van der Waals surface area contributed by atoms with Crippen LogP contribution in [-0.4, -0.2) is 43.3 Å². The van der Waals surface area contributed by atoms with Crippen molar-refractivity contribution < 1.29 is 29.1 Å². The number of hydrogen-bond donors (Lipinski definition) is 4. The highest BCUT2D eigenvalue weighted by Gasteiger charge is 2.32. The Hall–Kier alpha value is -4.18. The quantitative estimate of drug-likeness (QED) is 0.174. The second-order valence-corrected chi connectivity index (χ2v) is 13.6. The number of anilines is 2. The lowest BCUT2D eigenvalue weighted by Gasteiger charge is -2.35. The number of fused-ring (bicyclic) bond motifs is 3. The van der Waals surface area contributed by atoms with Gasteiger partial charge in [0.1, 0.15) is 16.7 Å². The molecular weight excluding hydrogens is 612 g/mol. The number of carboxylic acid groups (broad SMARTS) is 1. The molecule has 4 N–H and O–H groups in total. The van der Waals surface area contributed by atoms with Crippen molar-refractivity contribution in [1.29, 1.82) is 0 Å². The molecule has 10 heteroatoms. The lowest BCUT2D eigenvalue weighted by atomic mass is 9.80. The van der Waals surface area contributed by atoms with E-state index in [2.05, 4.69) is 5.32 Å². The molecule has 236 valence electrons. The van der Waals surface area contributed by atoms with Gasteiger partial charge in [-0.2, -0.15) is 0 Å². The zero-order valence-corrected chi connectivity index (χ0v) is 27.6. The first-order valence-corrected chi connectivity index (χ1v) is 16.2. The van der Waals surface area contributed by atoms with Crippen LogP contribution in [0.5, 0.6) is 5.75 Å². The van der Waals surface area contributed by atoms with Crippen molar-refractivity contribution in [2.24, 2.45) is 0 Å². The monoisotopic (exact) mass is 648 g/mol. The van der Waals surface area contributed by atoms with Crippen LogP contribution in [-0.2, 0) is 28.7 Å². The van der Waals surface area contributed by atoms with Crippen molar-refractivity contribution in [2.75, 3.05) is 15.9 Å². The Morgan fingerprint density at radius 1 is 0.956 bits per heavy atom. The summed E-state index contributed by atoms with van der Waals surface area (Å²) >= 11 is 6.10. The van der Waals surface area contributed by atoms with E-state index in [-0.39, 0.29) is 18.1 Å². The minimum absolute atomic E-state index is 0.0625. The van der Waals surface area contributed by atoms with E-state index >= 15 is 0 Å². The predicted molar refractivity (Wildman–Crippen MR) is 181 cm³/mol. The Morgan fingerprint density at radius 2 is 1.58 bits per heavy atom. The Morgan fingerprint density at radius 3 is 2.16 bits per heavy atom. The SMILES string of the molecule is CC(C)(C)O.Cc1c(-c2ccc(Cl)cc2O)c(CC(=O)O)c(C)c2c1-c1ccc(NC(=O)c3ccccc3)cc1CN2S(C)=O. The summed E-state index contributed by atoms with van der Waals surface area (Å²) in [7, 11) is -1.43. The maximum absolute atomic E-state index is 13.1. The summed E-state index contributed by atoms with van der Waals surface area (Å²) < 4.78 is 14.8. The van der Waals surface area contributed by atoms with Crippen LogP contribution in [0.4, 0.5) is 11.4 Å². The fourth-order valence-electron chi connectivity index (χ4n) is 5.43.